The maximum atomic E-state index is 12.5. The van der Waals surface area contributed by atoms with Crippen LogP contribution in [-0.4, -0.2) is 18.9 Å². The lowest BCUT2D eigenvalue weighted by molar-refractivity contribution is -0.130. The van der Waals surface area contributed by atoms with Crippen molar-refractivity contribution in [1.82, 2.24) is 0 Å². The molecule has 0 radical (unpaired) electrons. The molecule has 56 valence electrons. The van der Waals surface area contributed by atoms with Gasteiger partial charge >= 0.3 is 0 Å². The average Bonchev–Trinajstić information content (AvgIpc) is 1.88. The third kappa shape index (κ3) is 2.31. The normalized spacial score (nSPS) is 21.3. The van der Waals surface area contributed by atoms with E-state index in [-0.39, 0.29) is 0 Å². The molecule has 0 unspecified atom stereocenters. The highest BCUT2D eigenvalue weighted by Crippen LogP contribution is 2.24. The summed E-state index contributed by atoms with van der Waals surface area (Å²) in [6.45, 7) is 6.45. The van der Waals surface area contributed by atoms with Crippen molar-refractivity contribution in [1.29, 1.82) is 0 Å². The van der Waals surface area contributed by atoms with Crippen LogP contribution in [0.2, 0.25) is 0 Å². The van der Waals surface area contributed by atoms with Crippen molar-refractivity contribution < 1.29 is 9.13 Å². The van der Waals surface area contributed by atoms with E-state index < -0.39 is 5.67 Å². The molecule has 0 saturated carbocycles. The van der Waals surface area contributed by atoms with Gasteiger partial charge in [-0.1, -0.05) is 20.8 Å². The maximum Gasteiger partial charge on any atom is 0.157 e. The van der Waals surface area contributed by atoms with Crippen LogP contribution in [0.25, 0.3) is 0 Å². The highest BCUT2D eigenvalue weighted by atomic mass is 19.1. The molecule has 2 heteroatoms. The molecule has 1 aliphatic rings. The van der Waals surface area contributed by atoms with Crippen molar-refractivity contribution >= 4 is 0 Å². The van der Waals surface area contributed by atoms with Gasteiger partial charge in [0.15, 0.2) is 5.67 Å². The lowest BCUT2D eigenvalue weighted by atomic mass is 10.0. The van der Waals surface area contributed by atoms with Gasteiger partial charge in [0.1, 0.15) is 0 Å². The second kappa shape index (κ2) is 3.83. The summed E-state index contributed by atoms with van der Waals surface area (Å²) in [4.78, 5) is 0. The zero-order valence-corrected chi connectivity index (χ0v) is 6.41. The molecule has 1 aliphatic heterocycles. The molecule has 0 bridgehead atoms. The number of rotatable bonds is 1. The van der Waals surface area contributed by atoms with Gasteiger partial charge in [-0.2, -0.15) is 0 Å². The van der Waals surface area contributed by atoms with Crippen LogP contribution in [0.15, 0.2) is 0 Å². The van der Waals surface area contributed by atoms with Crippen molar-refractivity contribution in [2.45, 2.75) is 32.9 Å². The Bertz CT molecular complexity index is 63.8. The Hall–Kier alpha value is -0.110. The van der Waals surface area contributed by atoms with E-state index in [0.29, 0.717) is 19.6 Å². The van der Waals surface area contributed by atoms with E-state index in [9.17, 15) is 4.39 Å². The molecule has 1 fully saturated rings. The molecule has 0 aromatic carbocycles. The summed E-state index contributed by atoms with van der Waals surface area (Å²) in [5.74, 6) is 0. The smallest absolute Gasteiger partial charge is 0.157 e. The predicted molar refractivity (Wildman–Crippen MR) is 36.3 cm³/mol. The summed E-state index contributed by atoms with van der Waals surface area (Å²) in [5.41, 5.74) is -0.958. The molecule has 0 spiro atoms. The zero-order valence-electron chi connectivity index (χ0n) is 6.41. The van der Waals surface area contributed by atoms with Gasteiger partial charge in [0.05, 0.1) is 13.2 Å². The molecular weight excluding hydrogens is 119 g/mol. The van der Waals surface area contributed by atoms with Crippen molar-refractivity contribution in [3.63, 3.8) is 0 Å². The SMILES string of the molecule is CC.CCC1(F)COC1. The second-order valence-corrected chi connectivity index (χ2v) is 2.00. The van der Waals surface area contributed by atoms with E-state index in [4.69, 9.17) is 0 Å². The van der Waals surface area contributed by atoms with Crippen LogP contribution in [0.4, 0.5) is 4.39 Å². The first-order chi connectivity index (χ1) is 4.27. The standard InChI is InChI=1S/C5H9FO.C2H6/c1-2-5(6)3-7-4-5;1-2/h2-4H2,1H3;1-2H3. The fourth-order valence-electron chi connectivity index (χ4n) is 0.528. The van der Waals surface area contributed by atoms with Crippen molar-refractivity contribution in [3.8, 4) is 0 Å². The summed E-state index contributed by atoms with van der Waals surface area (Å²) >= 11 is 0. The van der Waals surface area contributed by atoms with Crippen molar-refractivity contribution in [3.05, 3.63) is 0 Å². The Morgan fingerprint density at radius 2 is 1.89 bits per heavy atom. The van der Waals surface area contributed by atoms with Crippen LogP contribution in [0, 0.1) is 0 Å². The minimum atomic E-state index is -0.958. The number of hydrogen-bond acceptors (Lipinski definition) is 1. The first-order valence-corrected chi connectivity index (χ1v) is 3.53. The Balaban J connectivity index is 0.000000291. The number of ether oxygens (including phenoxy) is 1. The summed E-state index contributed by atoms with van der Waals surface area (Å²) in [5, 5.41) is 0. The molecule has 0 atom stereocenters. The van der Waals surface area contributed by atoms with E-state index in [1.807, 2.05) is 20.8 Å². The van der Waals surface area contributed by atoms with E-state index in [2.05, 4.69) is 4.74 Å². The van der Waals surface area contributed by atoms with Crippen LogP contribution in [0.1, 0.15) is 27.2 Å². The van der Waals surface area contributed by atoms with Gasteiger partial charge in [0.2, 0.25) is 0 Å². The molecule has 1 rings (SSSR count). The Kier molecular flexibility index (Phi) is 3.78. The monoisotopic (exact) mass is 134 g/mol. The number of hydrogen-bond donors (Lipinski definition) is 0. The largest absolute Gasteiger partial charge is 0.375 e. The van der Waals surface area contributed by atoms with E-state index in [1.54, 1.807) is 0 Å². The number of alkyl halides is 1. The molecule has 0 aliphatic carbocycles. The van der Waals surface area contributed by atoms with Crippen LogP contribution >= 0.6 is 0 Å². The van der Waals surface area contributed by atoms with Crippen LogP contribution < -0.4 is 0 Å². The Morgan fingerprint density at radius 1 is 1.44 bits per heavy atom. The van der Waals surface area contributed by atoms with E-state index in [1.165, 1.54) is 0 Å². The molecule has 0 aromatic heterocycles. The molecular formula is C7H15FO. The average molecular weight is 134 g/mol. The lowest BCUT2D eigenvalue weighted by Crippen LogP contribution is -2.44. The van der Waals surface area contributed by atoms with Gasteiger partial charge < -0.3 is 4.74 Å². The fraction of sp³-hybridized carbons (Fsp3) is 1.00. The van der Waals surface area contributed by atoms with Gasteiger partial charge in [-0.05, 0) is 6.42 Å². The minimum absolute atomic E-state index is 0.309. The first kappa shape index (κ1) is 8.89. The van der Waals surface area contributed by atoms with Crippen molar-refractivity contribution in [2.75, 3.05) is 13.2 Å². The Labute approximate surface area is 56.2 Å². The fourth-order valence-corrected chi connectivity index (χ4v) is 0.528. The van der Waals surface area contributed by atoms with Crippen molar-refractivity contribution in [2.24, 2.45) is 0 Å². The van der Waals surface area contributed by atoms with Crippen LogP contribution in [-0.2, 0) is 4.74 Å². The molecule has 0 amide bonds. The third-order valence-electron chi connectivity index (χ3n) is 1.36. The first-order valence-electron chi connectivity index (χ1n) is 3.53. The Morgan fingerprint density at radius 3 is 1.89 bits per heavy atom. The second-order valence-electron chi connectivity index (χ2n) is 2.00. The third-order valence-corrected chi connectivity index (χ3v) is 1.36. The van der Waals surface area contributed by atoms with E-state index in [0.717, 1.165) is 0 Å². The number of halogens is 1. The maximum absolute atomic E-state index is 12.5. The topological polar surface area (TPSA) is 9.23 Å². The van der Waals surface area contributed by atoms with Gasteiger partial charge in [-0.3, -0.25) is 0 Å². The van der Waals surface area contributed by atoms with E-state index >= 15 is 0 Å². The summed E-state index contributed by atoms with van der Waals surface area (Å²) in [7, 11) is 0. The zero-order chi connectivity index (χ0) is 7.33. The van der Waals surface area contributed by atoms with Crippen LogP contribution in [0.3, 0.4) is 0 Å². The quantitative estimate of drug-likeness (QED) is 0.534. The molecule has 1 heterocycles. The van der Waals surface area contributed by atoms with Gasteiger partial charge in [0, 0.05) is 0 Å². The molecule has 0 aromatic rings. The predicted octanol–water partition coefficient (Wildman–Crippen LogP) is 2.16. The highest BCUT2D eigenvalue weighted by molar-refractivity contribution is 4.83. The molecule has 9 heavy (non-hydrogen) atoms. The molecule has 1 nitrogen and oxygen atoms in total. The van der Waals surface area contributed by atoms with Gasteiger partial charge in [-0.25, -0.2) is 4.39 Å². The van der Waals surface area contributed by atoms with Gasteiger partial charge in [0.25, 0.3) is 0 Å². The minimum Gasteiger partial charge on any atom is -0.375 e. The van der Waals surface area contributed by atoms with Crippen LogP contribution in [0.5, 0.6) is 0 Å². The summed E-state index contributed by atoms with van der Waals surface area (Å²) < 4.78 is 17.2. The summed E-state index contributed by atoms with van der Waals surface area (Å²) in [6, 6.07) is 0. The van der Waals surface area contributed by atoms with Gasteiger partial charge in [-0.15, -0.1) is 0 Å². The highest BCUT2D eigenvalue weighted by Gasteiger charge is 2.36. The molecule has 0 N–H and O–H groups in total. The summed E-state index contributed by atoms with van der Waals surface area (Å²) in [6.07, 6.45) is 0.590. The lowest BCUT2D eigenvalue weighted by Gasteiger charge is -2.32. The molecule has 1 saturated heterocycles.